The molecule has 184 valence electrons. The predicted molar refractivity (Wildman–Crippen MR) is 135 cm³/mol. The number of carbonyl (C=O) groups is 3. The second kappa shape index (κ2) is 11.6. The first-order valence-electron chi connectivity index (χ1n) is 11.9. The number of ether oxygens (including phenoxy) is 1. The van der Waals surface area contributed by atoms with Crippen LogP contribution in [0, 0.1) is 11.8 Å². The molecule has 3 aromatic rings. The number of hydrogen-bond acceptors (Lipinski definition) is 5. The van der Waals surface area contributed by atoms with Crippen molar-refractivity contribution in [2.24, 2.45) is 11.8 Å². The molecule has 3 aromatic carbocycles. The van der Waals surface area contributed by atoms with E-state index in [1.165, 1.54) is 6.08 Å². The van der Waals surface area contributed by atoms with Crippen molar-refractivity contribution in [1.82, 2.24) is 0 Å². The lowest BCUT2D eigenvalue weighted by Gasteiger charge is -2.21. The van der Waals surface area contributed by atoms with Gasteiger partial charge in [0, 0.05) is 24.7 Å². The summed E-state index contributed by atoms with van der Waals surface area (Å²) in [5.74, 6) is -3.03. The van der Waals surface area contributed by atoms with Crippen LogP contribution in [-0.4, -0.2) is 40.1 Å². The van der Waals surface area contributed by atoms with Gasteiger partial charge in [0.15, 0.2) is 5.78 Å². The van der Waals surface area contributed by atoms with Gasteiger partial charge < -0.3 is 14.9 Å². The van der Waals surface area contributed by atoms with Gasteiger partial charge in [-0.3, -0.25) is 9.59 Å². The van der Waals surface area contributed by atoms with E-state index in [0.717, 1.165) is 16.7 Å². The Balaban J connectivity index is 1.47. The van der Waals surface area contributed by atoms with Gasteiger partial charge in [0.2, 0.25) is 0 Å². The van der Waals surface area contributed by atoms with Crippen LogP contribution in [0.1, 0.15) is 28.8 Å². The summed E-state index contributed by atoms with van der Waals surface area (Å²) in [6, 6.07) is 26.1. The van der Waals surface area contributed by atoms with Gasteiger partial charge in [0.05, 0.1) is 18.1 Å². The molecule has 0 radical (unpaired) electrons. The monoisotopic (exact) mass is 484 g/mol. The Morgan fingerprint density at radius 2 is 1.47 bits per heavy atom. The third kappa shape index (κ3) is 6.34. The average molecular weight is 485 g/mol. The molecule has 2 N–H and O–H groups in total. The lowest BCUT2D eigenvalue weighted by atomic mass is 9.89. The van der Waals surface area contributed by atoms with Crippen molar-refractivity contribution in [2.75, 3.05) is 0 Å². The fraction of sp³-hybridized carbons (Fsp3) is 0.233. The maximum absolute atomic E-state index is 12.9. The highest BCUT2D eigenvalue weighted by atomic mass is 16.5. The highest BCUT2D eigenvalue weighted by Crippen LogP contribution is 2.38. The van der Waals surface area contributed by atoms with Crippen molar-refractivity contribution in [3.05, 3.63) is 108 Å². The number of allylic oxidation sites excluding steroid dienone is 1. The summed E-state index contributed by atoms with van der Waals surface area (Å²) in [5.41, 5.74) is 3.21. The number of aliphatic carboxylic acids is 1. The first kappa shape index (κ1) is 25.1. The van der Waals surface area contributed by atoms with E-state index in [-0.39, 0.29) is 25.0 Å². The smallest absolute Gasteiger partial charge is 0.338 e. The molecule has 1 saturated carbocycles. The molecule has 0 heterocycles. The van der Waals surface area contributed by atoms with Gasteiger partial charge in [0.25, 0.3) is 0 Å². The summed E-state index contributed by atoms with van der Waals surface area (Å²) in [4.78, 5) is 36.8. The number of benzene rings is 3. The Hall–Kier alpha value is -4.03. The maximum atomic E-state index is 12.9. The Bertz CT molecular complexity index is 1220. The molecule has 1 aliphatic rings. The highest BCUT2D eigenvalue weighted by Gasteiger charge is 2.44. The minimum atomic E-state index is -1.06. The number of carboxylic acid groups (broad SMARTS) is 1. The predicted octanol–water partition coefficient (Wildman–Crippen LogP) is 4.72. The lowest BCUT2D eigenvalue weighted by molar-refractivity contribution is -0.139. The zero-order valence-corrected chi connectivity index (χ0v) is 19.7. The molecule has 0 aromatic heterocycles. The maximum Gasteiger partial charge on any atom is 0.338 e. The second-order valence-corrected chi connectivity index (χ2v) is 9.02. The summed E-state index contributed by atoms with van der Waals surface area (Å²) >= 11 is 0. The fourth-order valence-corrected chi connectivity index (χ4v) is 4.68. The molecule has 0 saturated heterocycles. The van der Waals surface area contributed by atoms with Crippen LogP contribution in [0.25, 0.3) is 11.1 Å². The first-order chi connectivity index (χ1) is 17.4. The van der Waals surface area contributed by atoms with Crippen LogP contribution in [-0.2, 0) is 20.7 Å². The minimum Gasteiger partial charge on any atom is -0.481 e. The molecule has 6 heteroatoms. The summed E-state index contributed by atoms with van der Waals surface area (Å²) < 4.78 is 5.73. The zero-order chi connectivity index (χ0) is 25.5. The number of aliphatic hydroxyl groups excluding tert-OH is 1. The molecule has 0 spiro atoms. The van der Waals surface area contributed by atoms with Gasteiger partial charge in [-0.05, 0) is 34.9 Å². The molecule has 4 rings (SSSR count). The largest absolute Gasteiger partial charge is 0.481 e. The van der Waals surface area contributed by atoms with E-state index in [2.05, 4.69) is 0 Å². The van der Waals surface area contributed by atoms with E-state index in [1.54, 1.807) is 18.2 Å². The Labute approximate surface area is 209 Å². The Morgan fingerprint density at radius 3 is 2.11 bits per heavy atom. The van der Waals surface area contributed by atoms with Crippen molar-refractivity contribution >= 4 is 17.7 Å². The molecule has 1 fully saturated rings. The normalized spacial score (nSPS) is 21.4. The standard InChI is InChI=1S/C30H28O6/c31-24(17-20-7-3-1-4-8-20)15-16-25-26(18-29(33)34)27(32)19-28(25)36-30(35)23-13-11-22(12-14-23)21-9-5-2-6-10-21/h1-16,25-28,32H,17-19H2,(H,33,34)/t25-,26-,27+,28-/m1/s1. The van der Waals surface area contributed by atoms with Gasteiger partial charge in [-0.1, -0.05) is 78.9 Å². The molecule has 0 unspecified atom stereocenters. The quantitative estimate of drug-likeness (QED) is 0.337. The first-order valence-corrected chi connectivity index (χ1v) is 11.9. The minimum absolute atomic E-state index is 0.105. The SMILES string of the molecule is O=C(O)C[C@@H]1[C@@H](C=CC(=O)Cc2ccccc2)[C@H](OC(=O)c2ccc(-c3ccccc3)cc2)C[C@@H]1O. The highest BCUT2D eigenvalue weighted by molar-refractivity contribution is 5.91. The summed E-state index contributed by atoms with van der Waals surface area (Å²) in [6.45, 7) is 0. The van der Waals surface area contributed by atoms with E-state index >= 15 is 0 Å². The van der Waals surface area contributed by atoms with Crippen LogP contribution in [0.3, 0.4) is 0 Å². The zero-order valence-electron chi connectivity index (χ0n) is 19.7. The second-order valence-electron chi connectivity index (χ2n) is 9.02. The Morgan fingerprint density at radius 1 is 0.861 bits per heavy atom. The topological polar surface area (TPSA) is 101 Å². The third-order valence-corrected chi connectivity index (χ3v) is 6.51. The van der Waals surface area contributed by atoms with Gasteiger partial charge in [-0.2, -0.15) is 0 Å². The molecule has 4 atom stereocenters. The Kier molecular flexibility index (Phi) is 8.08. The average Bonchev–Trinajstić information content (AvgIpc) is 3.16. The van der Waals surface area contributed by atoms with Crippen LogP contribution >= 0.6 is 0 Å². The molecule has 1 aliphatic carbocycles. The van der Waals surface area contributed by atoms with Crippen molar-refractivity contribution in [3.63, 3.8) is 0 Å². The summed E-state index contributed by atoms with van der Waals surface area (Å²) in [5, 5.41) is 19.9. The number of ketones is 1. The molecule has 0 aliphatic heterocycles. The van der Waals surface area contributed by atoms with E-state index < -0.39 is 36.0 Å². The summed E-state index contributed by atoms with van der Waals surface area (Å²) in [7, 11) is 0. The van der Waals surface area contributed by atoms with E-state index in [4.69, 9.17) is 4.74 Å². The molecule has 36 heavy (non-hydrogen) atoms. The van der Waals surface area contributed by atoms with Crippen molar-refractivity contribution in [3.8, 4) is 11.1 Å². The van der Waals surface area contributed by atoms with Crippen molar-refractivity contribution in [1.29, 1.82) is 0 Å². The lowest BCUT2D eigenvalue weighted by Crippen LogP contribution is -2.26. The van der Waals surface area contributed by atoms with Gasteiger partial charge in [-0.25, -0.2) is 4.79 Å². The number of esters is 1. The molecule has 6 nitrogen and oxygen atoms in total. The van der Waals surface area contributed by atoms with Crippen molar-refractivity contribution in [2.45, 2.75) is 31.5 Å². The number of carboxylic acids is 1. The van der Waals surface area contributed by atoms with Crippen LogP contribution in [0.15, 0.2) is 97.1 Å². The van der Waals surface area contributed by atoms with E-state index in [0.29, 0.717) is 5.56 Å². The van der Waals surface area contributed by atoms with Crippen LogP contribution in [0.2, 0.25) is 0 Å². The van der Waals surface area contributed by atoms with Crippen LogP contribution < -0.4 is 0 Å². The van der Waals surface area contributed by atoms with Crippen LogP contribution in [0.5, 0.6) is 0 Å². The number of carbonyl (C=O) groups excluding carboxylic acids is 2. The third-order valence-electron chi connectivity index (χ3n) is 6.51. The molecular formula is C30H28O6. The summed E-state index contributed by atoms with van der Waals surface area (Å²) in [6.07, 6.45) is 1.31. The molecule has 0 amide bonds. The van der Waals surface area contributed by atoms with E-state index in [9.17, 15) is 24.6 Å². The van der Waals surface area contributed by atoms with Crippen molar-refractivity contribution < 1.29 is 29.3 Å². The number of hydrogen-bond donors (Lipinski definition) is 2. The van der Waals surface area contributed by atoms with Gasteiger partial charge in [-0.15, -0.1) is 0 Å². The number of aliphatic hydroxyl groups is 1. The number of rotatable bonds is 9. The van der Waals surface area contributed by atoms with E-state index in [1.807, 2.05) is 72.8 Å². The van der Waals surface area contributed by atoms with Gasteiger partial charge in [0.1, 0.15) is 6.10 Å². The van der Waals surface area contributed by atoms with Crippen LogP contribution in [0.4, 0.5) is 0 Å². The van der Waals surface area contributed by atoms with Gasteiger partial charge >= 0.3 is 11.9 Å². The fourth-order valence-electron chi connectivity index (χ4n) is 4.68. The molecular weight excluding hydrogens is 456 g/mol. The molecule has 0 bridgehead atoms.